The number of nitrogens with zero attached hydrogens (tertiary/aromatic N) is 3. The Morgan fingerprint density at radius 1 is 1.05 bits per heavy atom. The summed E-state index contributed by atoms with van der Waals surface area (Å²) in [6.07, 6.45) is 1.91. The first-order valence-electron chi connectivity index (χ1n) is 21.0. The molecule has 60 heavy (non-hydrogen) atoms. The van der Waals surface area contributed by atoms with Gasteiger partial charge in [0.1, 0.15) is 34.6 Å². The maximum Gasteiger partial charge on any atom is 0.437 e. The first kappa shape index (κ1) is 43.4. The predicted molar refractivity (Wildman–Crippen MR) is 212 cm³/mol. The van der Waals surface area contributed by atoms with Crippen LogP contribution in [0.25, 0.3) is 10.9 Å². The standard InChI is InChI=1S/C43H56F3N5O9/c1-6-58-38(54)42-17-16-26(42)12-10-8-7-9-11-13-30(48-39(55)60-40(2,3)4)37(53)51-25-41(24-32(51)36(52)49-42)23-31(50-18-20-57-21-19-50)33-28-22-27(56-5)14-15-29(28)47-35(34(33)59-41)43(44,45)46/h10,12,14-15,22,26,30-32H,6-9,11,13,16-21,23-25H2,1-5H3,(H,48,55)(H,49,52). The van der Waals surface area contributed by atoms with Crippen LogP contribution in [-0.4, -0.2) is 114 Å². The van der Waals surface area contributed by atoms with Crippen molar-refractivity contribution in [3.05, 3.63) is 41.6 Å². The Labute approximate surface area is 347 Å². The monoisotopic (exact) mass is 843 g/mol. The zero-order valence-corrected chi connectivity index (χ0v) is 35.0. The van der Waals surface area contributed by atoms with Gasteiger partial charge in [0.2, 0.25) is 11.8 Å². The highest BCUT2D eigenvalue weighted by Gasteiger charge is 2.60. The number of allylic oxidation sites excluding steroid dienone is 1. The van der Waals surface area contributed by atoms with E-state index in [0.29, 0.717) is 63.1 Å². The molecule has 328 valence electrons. The quantitative estimate of drug-likeness (QED) is 0.269. The second kappa shape index (κ2) is 17.0. The number of rotatable bonds is 5. The minimum absolute atomic E-state index is 0.0777. The second-order valence-electron chi connectivity index (χ2n) is 17.5. The summed E-state index contributed by atoms with van der Waals surface area (Å²) in [5, 5.41) is 6.15. The topological polar surface area (TPSA) is 158 Å². The minimum atomic E-state index is -4.94. The molecule has 6 unspecified atom stereocenters. The number of benzene rings is 1. The van der Waals surface area contributed by atoms with Crippen LogP contribution in [0.5, 0.6) is 11.5 Å². The van der Waals surface area contributed by atoms with Gasteiger partial charge in [0.05, 0.1) is 39.0 Å². The van der Waals surface area contributed by atoms with Crippen molar-refractivity contribution in [1.82, 2.24) is 25.4 Å². The number of aromatic nitrogens is 1. The molecule has 5 aliphatic rings. The number of methoxy groups -OCH3 is 1. The van der Waals surface area contributed by atoms with E-state index in [0.717, 1.165) is 12.8 Å². The van der Waals surface area contributed by atoms with Gasteiger partial charge in [-0.15, -0.1) is 0 Å². The summed E-state index contributed by atoms with van der Waals surface area (Å²) in [7, 11) is 1.47. The Balaban J connectivity index is 1.36. The van der Waals surface area contributed by atoms with Gasteiger partial charge in [0, 0.05) is 48.8 Å². The molecule has 5 heterocycles. The molecule has 1 saturated carbocycles. The summed E-state index contributed by atoms with van der Waals surface area (Å²) in [4.78, 5) is 64.3. The van der Waals surface area contributed by atoms with Crippen molar-refractivity contribution >= 4 is 34.8 Å². The molecule has 14 nitrogen and oxygen atoms in total. The first-order valence-corrected chi connectivity index (χ1v) is 21.0. The number of morpholine rings is 1. The first-order chi connectivity index (χ1) is 28.5. The molecule has 1 aliphatic carbocycles. The largest absolute Gasteiger partial charge is 0.497 e. The van der Waals surface area contributed by atoms with E-state index in [1.165, 1.54) is 18.1 Å². The highest BCUT2D eigenvalue weighted by Crippen LogP contribution is 2.54. The number of carbonyl (C=O) groups excluding carboxylic acids is 4. The van der Waals surface area contributed by atoms with Crippen molar-refractivity contribution in [2.24, 2.45) is 5.92 Å². The highest BCUT2D eigenvalue weighted by atomic mass is 19.4. The predicted octanol–water partition coefficient (Wildman–Crippen LogP) is 6.00. The number of alkyl carbamates (subject to hydrolysis) is 1. The van der Waals surface area contributed by atoms with Crippen molar-refractivity contribution in [2.75, 3.05) is 46.6 Å². The molecule has 1 aromatic heterocycles. The molecular weight excluding hydrogens is 787 g/mol. The maximum atomic E-state index is 15.2. The smallest absolute Gasteiger partial charge is 0.437 e. The van der Waals surface area contributed by atoms with Gasteiger partial charge in [-0.2, -0.15) is 13.2 Å². The van der Waals surface area contributed by atoms with Gasteiger partial charge >= 0.3 is 18.2 Å². The Hall–Kier alpha value is -4.64. The molecule has 2 N–H and O–H groups in total. The van der Waals surface area contributed by atoms with Crippen LogP contribution in [-0.2, 0) is 34.8 Å². The average molecular weight is 844 g/mol. The molecule has 1 spiro atoms. The van der Waals surface area contributed by atoms with Gasteiger partial charge in [0.25, 0.3) is 0 Å². The van der Waals surface area contributed by atoms with E-state index in [1.807, 2.05) is 12.2 Å². The van der Waals surface area contributed by atoms with Crippen LogP contribution in [0, 0.1) is 5.92 Å². The van der Waals surface area contributed by atoms with Crippen molar-refractivity contribution in [3.8, 4) is 11.5 Å². The van der Waals surface area contributed by atoms with Crippen LogP contribution in [0.4, 0.5) is 18.0 Å². The lowest BCUT2D eigenvalue weighted by Gasteiger charge is -2.47. The summed E-state index contributed by atoms with van der Waals surface area (Å²) in [5.74, 6) is -2.32. The number of esters is 1. The fourth-order valence-electron chi connectivity index (χ4n) is 9.39. The maximum absolute atomic E-state index is 15.2. The van der Waals surface area contributed by atoms with Crippen molar-refractivity contribution < 1.29 is 56.0 Å². The van der Waals surface area contributed by atoms with E-state index in [4.69, 9.17) is 23.7 Å². The Morgan fingerprint density at radius 2 is 1.80 bits per heavy atom. The summed E-state index contributed by atoms with van der Waals surface area (Å²) in [6.45, 7) is 8.05. The lowest BCUT2D eigenvalue weighted by atomic mass is 9.66. The van der Waals surface area contributed by atoms with Gasteiger partial charge in [-0.1, -0.05) is 25.0 Å². The third kappa shape index (κ3) is 8.74. The van der Waals surface area contributed by atoms with Crippen LogP contribution >= 0.6 is 0 Å². The van der Waals surface area contributed by atoms with Crippen LogP contribution < -0.4 is 20.1 Å². The van der Waals surface area contributed by atoms with Gasteiger partial charge in [0.15, 0.2) is 11.4 Å². The molecule has 7 rings (SSSR count). The number of nitrogens with one attached hydrogen (secondary N) is 2. The molecule has 4 aliphatic heterocycles. The van der Waals surface area contributed by atoms with E-state index >= 15 is 13.2 Å². The molecule has 2 saturated heterocycles. The molecule has 6 atom stereocenters. The number of hydrogen-bond acceptors (Lipinski definition) is 11. The minimum Gasteiger partial charge on any atom is -0.497 e. The molecule has 0 radical (unpaired) electrons. The van der Waals surface area contributed by atoms with Crippen molar-refractivity contribution in [1.29, 1.82) is 0 Å². The number of halogens is 3. The number of hydrogen-bond donors (Lipinski definition) is 2. The Kier molecular flexibility index (Phi) is 12.3. The number of carbonyl (C=O) groups is 4. The molecule has 2 aromatic rings. The van der Waals surface area contributed by atoms with E-state index in [2.05, 4.69) is 20.5 Å². The van der Waals surface area contributed by atoms with E-state index in [9.17, 15) is 19.2 Å². The zero-order chi connectivity index (χ0) is 43.0. The number of amides is 3. The fraction of sp³-hybridized carbons (Fsp3) is 0.651. The van der Waals surface area contributed by atoms with Gasteiger partial charge in [-0.25, -0.2) is 14.6 Å². The number of fused-ring (bicyclic) bond motifs is 5. The van der Waals surface area contributed by atoms with Crippen LogP contribution in [0.3, 0.4) is 0 Å². The summed E-state index contributed by atoms with van der Waals surface area (Å²) < 4.78 is 74.5. The van der Waals surface area contributed by atoms with Crippen LogP contribution in [0.2, 0.25) is 0 Å². The van der Waals surface area contributed by atoms with Gasteiger partial charge in [-0.3, -0.25) is 14.5 Å². The van der Waals surface area contributed by atoms with Crippen LogP contribution in [0.15, 0.2) is 30.4 Å². The summed E-state index contributed by atoms with van der Waals surface area (Å²) in [5.41, 5.74) is -4.66. The molecular formula is C43H56F3N5O9. The van der Waals surface area contributed by atoms with Gasteiger partial charge < -0.3 is 39.2 Å². The van der Waals surface area contributed by atoms with Crippen molar-refractivity contribution in [3.63, 3.8) is 0 Å². The molecule has 0 bridgehead atoms. The molecule has 3 fully saturated rings. The third-order valence-electron chi connectivity index (χ3n) is 12.3. The fourth-order valence-corrected chi connectivity index (χ4v) is 9.39. The highest BCUT2D eigenvalue weighted by molar-refractivity contribution is 5.96. The number of pyridine rings is 1. The molecule has 1 aromatic carbocycles. The number of alkyl halides is 3. The van der Waals surface area contributed by atoms with E-state index < -0.39 is 76.4 Å². The normalized spacial score (nSPS) is 29.2. The lowest BCUT2D eigenvalue weighted by molar-refractivity contribution is -0.161. The molecule has 3 amide bonds. The van der Waals surface area contributed by atoms with Crippen molar-refractivity contribution in [2.45, 2.75) is 127 Å². The number of ether oxygens (including phenoxy) is 5. The summed E-state index contributed by atoms with van der Waals surface area (Å²) >= 11 is 0. The lowest BCUT2D eigenvalue weighted by Crippen LogP contribution is -2.67. The summed E-state index contributed by atoms with van der Waals surface area (Å²) in [6, 6.07) is 1.55. The van der Waals surface area contributed by atoms with E-state index in [-0.39, 0.29) is 49.4 Å². The third-order valence-corrected chi connectivity index (χ3v) is 12.3. The SMILES string of the molecule is CCOC(=O)C12CCC1C=CCCCCCC(NC(=O)OC(C)(C)C)C(=O)N1CC3(CC(N4CCOCC4)c4c(c(C(F)(F)F)nc5ccc(OC)cc45)O3)CC1C(=O)N2. The Bertz CT molecular complexity index is 2000. The zero-order valence-electron chi connectivity index (χ0n) is 35.0. The average Bonchev–Trinajstić information content (AvgIpc) is 3.55. The van der Waals surface area contributed by atoms with E-state index in [1.54, 1.807) is 39.8 Å². The van der Waals surface area contributed by atoms with Gasteiger partial charge in [-0.05, 0) is 78.0 Å². The second-order valence-corrected chi connectivity index (χ2v) is 17.5. The Morgan fingerprint density at radius 3 is 2.47 bits per heavy atom. The molecule has 17 heteroatoms. The van der Waals surface area contributed by atoms with Crippen LogP contribution in [0.1, 0.15) is 103 Å².